The molecular formula is C13H18N4. The van der Waals surface area contributed by atoms with Crippen LogP contribution < -0.4 is 5.32 Å². The third kappa shape index (κ3) is 3.52. The van der Waals surface area contributed by atoms with Gasteiger partial charge in [-0.05, 0) is 50.2 Å². The molecule has 17 heavy (non-hydrogen) atoms. The van der Waals surface area contributed by atoms with E-state index in [1.807, 2.05) is 12.1 Å². The highest BCUT2D eigenvalue weighted by Crippen LogP contribution is 2.13. The average Bonchev–Trinajstić information content (AvgIpc) is 2.75. The van der Waals surface area contributed by atoms with Gasteiger partial charge in [-0.25, -0.2) is 4.98 Å². The molecule has 1 N–H and O–H groups in total. The van der Waals surface area contributed by atoms with Crippen molar-refractivity contribution in [2.24, 2.45) is 5.92 Å². The summed E-state index contributed by atoms with van der Waals surface area (Å²) in [6.07, 6.45) is 2.97. The number of nitrogens with zero attached hydrogens (tertiary/aromatic N) is 3. The van der Waals surface area contributed by atoms with Gasteiger partial charge in [-0.1, -0.05) is 0 Å². The predicted octanol–water partition coefficient (Wildman–Crippen LogP) is 0.995. The van der Waals surface area contributed by atoms with Crippen LogP contribution in [0.4, 0.5) is 0 Å². The normalized spacial score (nSPS) is 20.4. The molecule has 0 amide bonds. The van der Waals surface area contributed by atoms with E-state index >= 15 is 0 Å². The summed E-state index contributed by atoms with van der Waals surface area (Å²) >= 11 is 0. The highest BCUT2D eigenvalue weighted by atomic mass is 15.1. The van der Waals surface area contributed by atoms with Gasteiger partial charge < -0.3 is 10.2 Å². The lowest BCUT2D eigenvalue weighted by Crippen LogP contribution is -2.24. The summed E-state index contributed by atoms with van der Waals surface area (Å²) < 4.78 is 0. The van der Waals surface area contributed by atoms with Crippen LogP contribution in [0, 0.1) is 17.2 Å². The van der Waals surface area contributed by atoms with Gasteiger partial charge in [0, 0.05) is 19.3 Å². The Hall–Kier alpha value is -1.44. The van der Waals surface area contributed by atoms with E-state index in [0.29, 0.717) is 5.69 Å². The van der Waals surface area contributed by atoms with E-state index < -0.39 is 0 Å². The second-order valence-corrected chi connectivity index (χ2v) is 4.71. The standard InChI is InChI=1S/C13H18N4/c1-17-5-3-12(10-17)9-15-8-11-2-4-16-13(6-11)7-14/h2,4,6,12,15H,3,5,8-10H2,1H3. The minimum Gasteiger partial charge on any atom is -0.312 e. The number of aromatic nitrogens is 1. The van der Waals surface area contributed by atoms with Crippen LogP contribution in [0.1, 0.15) is 17.7 Å². The number of nitriles is 1. The van der Waals surface area contributed by atoms with Crippen LogP contribution >= 0.6 is 0 Å². The van der Waals surface area contributed by atoms with Crippen molar-refractivity contribution in [3.8, 4) is 6.07 Å². The van der Waals surface area contributed by atoms with Gasteiger partial charge in [-0.2, -0.15) is 5.26 Å². The maximum Gasteiger partial charge on any atom is 0.140 e. The van der Waals surface area contributed by atoms with Crippen LogP contribution in [0.3, 0.4) is 0 Å². The molecule has 1 atom stereocenters. The van der Waals surface area contributed by atoms with Crippen molar-refractivity contribution in [3.63, 3.8) is 0 Å². The Kier molecular flexibility index (Phi) is 4.08. The van der Waals surface area contributed by atoms with E-state index in [-0.39, 0.29) is 0 Å². The Balaban J connectivity index is 1.76. The summed E-state index contributed by atoms with van der Waals surface area (Å²) in [5.74, 6) is 0.761. The Morgan fingerprint density at radius 1 is 1.65 bits per heavy atom. The lowest BCUT2D eigenvalue weighted by Gasteiger charge is -2.11. The Bertz CT molecular complexity index is 410. The van der Waals surface area contributed by atoms with Crippen molar-refractivity contribution in [1.82, 2.24) is 15.2 Å². The van der Waals surface area contributed by atoms with E-state index in [1.165, 1.54) is 19.5 Å². The smallest absolute Gasteiger partial charge is 0.140 e. The van der Waals surface area contributed by atoms with Crippen molar-refractivity contribution < 1.29 is 0 Å². The molecule has 2 rings (SSSR count). The molecule has 2 heterocycles. The average molecular weight is 230 g/mol. The third-order valence-corrected chi connectivity index (χ3v) is 3.19. The molecule has 0 saturated carbocycles. The maximum atomic E-state index is 8.75. The SMILES string of the molecule is CN1CCC(CNCc2ccnc(C#N)c2)C1. The van der Waals surface area contributed by atoms with Crippen molar-refractivity contribution in [2.45, 2.75) is 13.0 Å². The van der Waals surface area contributed by atoms with Gasteiger partial charge >= 0.3 is 0 Å². The van der Waals surface area contributed by atoms with Gasteiger partial charge in [0.25, 0.3) is 0 Å². The molecule has 1 aliphatic heterocycles. The molecule has 0 bridgehead atoms. The number of hydrogen-bond acceptors (Lipinski definition) is 4. The largest absolute Gasteiger partial charge is 0.312 e. The number of hydrogen-bond donors (Lipinski definition) is 1. The van der Waals surface area contributed by atoms with Gasteiger partial charge in [0.05, 0.1) is 0 Å². The Morgan fingerprint density at radius 3 is 3.24 bits per heavy atom. The minimum absolute atomic E-state index is 0.491. The number of likely N-dealkylation sites (tertiary alicyclic amines) is 1. The molecule has 1 aromatic heterocycles. The molecule has 0 aromatic carbocycles. The molecule has 1 unspecified atom stereocenters. The zero-order valence-electron chi connectivity index (χ0n) is 10.2. The predicted molar refractivity (Wildman–Crippen MR) is 66.3 cm³/mol. The molecule has 90 valence electrons. The highest BCUT2D eigenvalue weighted by molar-refractivity contribution is 5.25. The number of pyridine rings is 1. The Labute approximate surface area is 102 Å². The number of nitrogens with one attached hydrogen (secondary N) is 1. The van der Waals surface area contributed by atoms with Crippen LogP contribution in [-0.4, -0.2) is 36.6 Å². The van der Waals surface area contributed by atoms with Gasteiger partial charge in [0.1, 0.15) is 11.8 Å². The van der Waals surface area contributed by atoms with Crippen molar-refractivity contribution in [1.29, 1.82) is 5.26 Å². The summed E-state index contributed by atoms with van der Waals surface area (Å²) in [5, 5.41) is 12.2. The van der Waals surface area contributed by atoms with E-state index in [1.54, 1.807) is 6.20 Å². The topological polar surface area (TPSA) is 52.0 Å². The van der Waals surface area contributed by atoms with Crippen LogP contribution in [-0.2, 0) is 6.54 Å². The first-order chi connectivity index (χ1) is 8.28. The van der Waals surface area contributed by atoms with E-state index in [2.05, 4.69) is 28.3 Å². The Morgan fingerprint density at radius 2 is 2.53 bits per heavy atom. The summed E-state index contributed by atoms with van der Waals surface area (Å²) in [4.78, 5) is 6.33. The molecule has 1 aliphatic rings. The van der Waals surface area contributed by atoms with Gasteiger partial charge in [-0.3, -0.25) is 0 Å². The first-order valence-electron chi connectivity index (χ1n) is 6.02. The molecule has 0 radical (unpaired) electrons. The quantitative estimate of drug-likeness (QED) is 0.838. The first-order valence-corrected chi connectivity index (χ1v) is 6.02. The van der Waals surface area contributed by atoms with Crippen molar-refractivity contribution in [3.05, 3.63) is 29.6 Å². The fourth-order valence-electron chi connectivity index (χ4n) is 2.26. The van der Waals surface area contributed by atoms with Gasteiger partial charge in [-0.15, -0.1) is 0 Å². The summed E-state index contributed by atoms with van der Waals surface area (Å²) in [7, 11) is 2.17. The second kappa shape index (κ2) is 5.76. The van der Waals surface area contributed by atoms with E-state index in [4.69, 9.17) is 5.26 Å². The maximum absolute atomic E-state index is 8.75. The molecular weight excluding hydrogens is 212 g/mol. The zero-order chi connectivity index (χ0) is 12.1. The second-order valence-electron chi connectivity index (χ2n) is 4.71. The van der Waals surface area contributed by atoms with E-state index in [0.717, 1.165) is 24.6 Å². The van der Waals surface area contributed by atoms with Gasteiger partial charge in [0.2, 0.25) is 0 Å². The highest BCUT2D eigenvalue weighted by Gasteiger charge is 2.18. The lowest BCUT2D eigenvalue weighted by atomic mass is 10.1. The third-order valence-electron chi connectivity index (χ3n) is 3.19. The van der Waals surface area contributed by atoms with E-state index in [9.17, 15) is 0 Å². The summed E-state index contributed by atoms with van der Waals surface area (Å²) in [6.45, 7) is 4.26. The molecule has 4 heteroatoms. The van der Waals surface area contributed by atoms with Crippen LogP contribution in [0.15, 0.2) is 18.3 Å². The van der Waals surface area contributed by atoms with Crippen LogP contribution in [0.5, 0.6) is 0 Å². The van der Waals surface area contributed by atoms with Gasteiger partial charge in [0.15, 0.2) is 0 Å². The molecule has 1 fully saturated rings. The molecule has 0 spiro atoms. The fraction of sp³-hybridized carbons (Fsp3) is 0.538. The monoisotopic (exact) mass is 230 g/mol. The first kappa shape index (κ1) is 12.0. The summed E-state index contributed by atoms with van der Waals surface area (Å²) in [6, 6.07) is 5.85. The summed E-state index contributed by atoms with van der Waals surface area (Å²) in [5.41, 5.74) is 1.62. The van der Waals surface area contributed by atoms with Crippen molar-refractivity contribution >= 4 is 0 Å². The minimum atomic E-state index is 0.491. The van der Waals surface area contributed by atoms with Crippen LogP contribution in [0.25, 0.3) is 0 Å². The molecule has 1 saturated heterocycles. The molecule has 4 nitrogen and oxygen atoms in total. The zero-order valence-corrected chi connectivity index (χ0v) is 10.2. The van der Waals surface area contributed by atoms with Crippen molar-refractivity contribution in [2.75, 3.05) is 26.7 Å². The van der Waals surface area contributed by atoms with Crippen LogP contribution in [0.2, 0.25) is 0 Å². The molecule has 1 aromatic rings. The molecule has 0 aliphatic carbocycles. The number of rotatable bonds is 4. The fourth-order valence-corrected chi connectivity index (χ4v) is 2.26. The lowest BCUT2D eigenvalue weighted by molar-refractivity contribution is 0.388.